The second-order valence-corrected chi connectivity index (χ2v) is 5.09. The van der Waals surface area contributed by atoms with Crippen LogP contribution in [-0.2, 0) is 0 Å². The van der Waals surface area contributed by atoms with Crippen LogP contribution in [0.5, 0.6) is 0 Å². The van der Waals surface area contributed by atoms with E-state index < -0.39 is 0 Å². The fourth-order valence-electron chi connectivity index (χ4n) is 2.36. The van der Waals surface area contributed by atoms with Gasteiger partial charge in [-0.1, -0.05) is 32.6 Å². The average Bonchev–Trinajstić information content (AvgIpc) is 2.80. The van der Waals surface area contributed by atoms with Gasteiger partial charge in [0.05, 0.1) is 0 Å². The molecule has 0 amide bonds. The van der Waals surface area contributed by atoms with Gasteiger partial charge in [-0.2, -0.15) is 0 Å². The first-order valence-corrected chi connectivity index (χ1v) is 7.27. The number of hydrogen-bond acceptors (Lipinski definition) is 1. The molecule has 0 aliphatic carbocycles. The highest BCUT2D eigenvalue weighted by Gasteiger charge is 2.14. The molecule has 0 aromatic rings. The summed E-state index contributed by atoms with van der Waals surface area (Å²) in [6, 6.07) is 0. The molecule has 95 valence electrons. The number of rotatable bonds is 10. The Morgan fingerprint density at radius 3 is 2.56 bits per heavy atom. The van der Waals surface area contributed by atoms with Gasteiger partial charge >= 0.3 is 0 Å². The fraction of sp³-hybridized carbons (Fsp3) is 1.00. The number of unbranched alkanes of at least 4 members (excludes halogenated alkanes) is 4. The average molecular weight is 225 g/mol. The van der Waals surface area contributed by atoms with Gasteiger partial charge in [0.15, 0.2) is 0 Å². The maximum atomic E-state index is 4.41. The smallest absolute Gasteiger partial charge is 0.0162 e. The second-order valence-electron chi connectivity index (χ2n) is 5.09. The van der Waals surface area contributed by atoms with Crippen LogP contribution in [-0.4, -0.2) is 26.2 Å². The Labute approximate surface area is 102 Å². The highest BCUT2D eigenvalue weighted by atomic mass is 14.9. The molecule has 1 N–H and O–H groups in total. The molecule has 2 nitrogen and oxygen atoms in total. The zero-order valence-corrected chi connectivity index (χ0v) is 11.0. The molecule has 0 aromatic heterocycles. The van der Waals surface area contributed by atoms with Crippen molar-refractivity contribution in [3.8, 4) is 0 Å². The number of nitrogens with one attached hydrogen (secondary N) is 1. The molecule has 1 saturated heterocycles. The Morgan fingerprint density at radius 2 is 1.88 bits per heavy atom. The van der Waals surface area contributed by atoms with Gasteiger partial charge in [-0.15, -0.1) is 0 Å². The number of hydrogen-bond donors (Lipinski definition) is 1. The molecule has 0 saturated carbocycles. The van der Waals surface area contributed by atoms with Crippen LogP contribution < -0.4 is 10.6 Å². The lowest BCUT2D eigenvalue weighted by Crippen LogP contribution is -2.16. The topological polar surface area (TPSA) is 26.1 Å². The maximum absolute atomic E-state index is 4.41. The molecular formula is C14H29N2. The summed E-state index contributed by atoms with van der Waals surface area (Å²) in [4.78, 5) is 0. The largest absolute Gasteiger partial charge is 0.317 e. The normalized spacial score (nSPS) is 20.4. The van der Waals surface area contributed by atoms with Crippen LogP contribution in [0, 0.1) is 5.92 Å². The molecule has 2 heteroatoms. The summed E-state index contributed by atoms with van der Waals surface area (Å²) >= 11 is 0. The third-order valence-corrected chi connectivity index (χ3v) is 3.51. The van der Waals surface area contributed by atoms with Crippen molar-refractivity contribution in [3.05, 3.63) is 0 Å². The maximum Gasteiger partial charge on any atom is 0.0162 e. The lowest BCUT2D eigenvalue weighted by atomic mass is 10.0. The molecule has 0 bridgehead atoms. The van der Waals surface area contributed by atoms with Gasteiger partial charge in [0.1, 0.15) is 0 Å². The van der Waals surface area contributed by atoms with Gasteiger partial charge in [0.25, 0.3) is 0 Å². The molecular weight excluding hydrogens is 196 g/mol. The molecule has 1 aliphatic rings. The SMILES string of the molecule is CCCCCNCCCCCC1CC[N]C1. The molecule has 0 spiro atoms. The third kappa shape index (κ3) is 7.24. The summed E-state index contributed by atoms with van der Waals surface area (Å²) in [5.41, 5.74) is 0. The van der Waals surface area contributed by atoms with Crippen LogP contribution in [0.2, 0.25) is 0 Å². The summed E-state index contributed by atoms with van der Waals surface area (Å²) in [5.74, 6) is 0.928. The van der Waals surface area contributed by atoms with Gasteiger partial charge in [0, 0.05) is 13.1 Å². The molecule has 0 aromatic carbocycles. The van der Waals surface area contributed by atoms with Crippen molar-refractivity contribution in [1.29, 1.82) is 0 Å². The van der Waals surface area contributed by atoms with Crippen molar-refractivity contribution < 1.29 is 0 Å². The lowest BCUT2D eigenvalue weighted by molar-refractivity contribution is 0.482. The van der Waals surface area contributed by atoms with Crippen molar-refractivity contribution in [2.24, 2.45) is 5.92 Å². The molecule has 16 heavy (non-hydrogen) atoms. The first-order valence-electron chi connectivity index (χ1n) is 7.27. The lowest BCUT2D eigenvalue weighted by Gasteiger charge is -2.07. The molecule has 1 rings (SSSR count). The highest BCUT2D eigenvalue weighted by Crippen LogP contribution is 2.16. The molecule has 1 heterocycles. The summed E-state index contributed by atoms with van der Waals surface area (Å²) < 4.78 is 0. The van der Waals surface area contributed by atoms with Gasteiger partial charge in [-0.05, 0) is 44.7 Å². The number of nitrogens with zero attached hydrogens (tertiary/aromatic N) is 1. The van der Waals surface area contributed by atoms with Crippen molar-refractivity contribution in [3.63, 3.8) is 0 Å². The quantitative estimate of drug-likeness (QED) is 0.568. The van der Waals surface area contributed by atoms with Crippen LogP contribution in [0.15, 0.2) is 0 Å². The zero-order valence-electron chi connectivity index (χ0n) is 11.0. The fourth-order valence-corrected chi connectivity index (χ4v) is 2.36. The Morgan fingerprint density at radius 1 is 1.06 bits per heavy atom. The minimum atomic E-state index is 0.928. The van der Waals surface area contributed by atoms with Crippen LogP contribution in [0.3, 0.4) is 0 Å². The first-order chi connectivity index (χ1) is 7.93. The van der Waals surface area contributed by atoms with Gasteiger partial charge < -0.3 is 5.32 Å². The highest BCUT2D eigenvalue weighted by molar-refractivity contribution is 4.70. The van der Waals surface area contributed by atoms with E-state index in [1.165, 1.54) is 64.5 Å². The summed E-state index contributed by atoms with van der Waals surface area (Å²) in [6.07, 6.45) is 11.0. The van der Waals surface area contributed by atoms with E-state index in [1.54, 1.807) is 0 Å². The van der Waals surface area contributed by atoms with Crippen molar-refractivity contribution >= 4 is 0 Å². The van der Waals surface area contributed by atoms with E-state index >= 15 is 0 Å². The minimum absolute atomic E-state index is 0.928. The van der Waals surface area contributed by atoms with E-state index in [0.29, 0.717) is 0 Å². The summed E-state index contributed by atoms with van der Waals surface area (Å²) in [7, 11) is 0. The van der Waals surface area contributed by atoms with E-state index in [-0.39, 0.29) is 0 Å². The monoisotopic (exact) mass is 225 g/mol. The van der Waals surface area contributed by atoms with Crippen LogP contribution in [0.25, 0.3) is 0 Å². The third-order valence-electron chi connectivity index (χ3n) is 3.51. The van der Waals surface area contributed by atoms with Gasteiger partial charge in [0.2, 0.25) is 0 Å². The zero-order chi connectivity index (χ0) is 11.5. The van der Waals surface area contributed by atoms with Crippen LogP contribution in [0.4, 0.5) is 0 Å². The van der Waals surface area contributed by atoms with Crippen molar-refractivity contribution in [1.82, 2.24) is 10.6 Å². The van der Waals surface area contributed by atoms with Gasteiger partial charge in [-0.25, -0.2) is 5.32 Å². The Kier molecular flexibility index (Phi) is 8.83. The standard InChI is InChI=1S/C14H29N2/c1-2-3-6-10-15-11-7-4-5-8-14-9-12-16-13-14/h14-15H,2-13H2,1H3. The Hall–Kier alpha value is -0.0800. The first kappa shape index (κ1) is 14.0. The van der Waals surface area contributed by atoms with E-state index in [0.717, 1.165) is 19.0 Å². The van der Waals surface area contributed by atoms with Crippen molar-refractivity contribution in [2.45, 2.75) is 58.3 Å². The Bertz CT molecular complexity index is 142. The predicted octanol–water partition coefficient (Wildman–Crippen LogP) is 2.95. The molecule has 1 fully saturated rings. The molecule has 1 unspecified atom stereocenters. The van der Waals surface area contributed by atoms with Crippen LogP contribution in [0.1, 0.15) is 58.3 Å². The van der Waals surface area contributed by atoms with E-state index in [2.05, 4.69) is 17.6 Å². The summed E-state index contributed by atoms with van der Waals surface area (Å²) in [5, 5.41) is 7.94. The van der Waals surface area contributed by atoms with Crippen molar-refractivity contribution in [2.75, 3.05) is 26.2 Å². The van der Waals surface area contributed by atoms with Gasteiger partial charge in [-0.3, -0.25) is 0 Å². The molecule has 1 aliphatic heterocycles. The van der Waals surface area contributed by atoms with E-state index in [1.807, 2.05) is 0 Å². The minimum Gasteiger partial charge on any atom is -0.317 e. The Balaban J connectivity index is 1.71. The molecule has 1 atom stereocenters. The van der Waals surface area contributed by atoms with Crippen LogP contribution >= 0.6 is 0 Å². The molecule has 1 radical (unpaired) electrons. The second kappa shape index (κ2) is 10.1. The van der Waals surface area contributed by atoms with E-state index in [9.17, 15) is 0 Å². The van der Waals surface area contributed by atoms with E-state index in [4.69, 9.17) is 0 Å². The summed E-state index contributed by atoms with van der Waals surface area (Å²) in [6.45, 7) is 6.97. The predicted molar refractivity (Wildman–Crippen MR) is 70.8 cm³/mol.